The molecule has 0 spiro atoms. The predicted octanol–water partition coefficient (Wildman–Crippen LogP) is 4.18. The summed E-state index contributed by atoms with van der Waals surface area (Å²) in [6.45, 7) is 5.67. The number of carboxylic acids is 1. The smallest absolute Gasteiger partial charge is 0.338 e. The molecule has 2 N–H and O–H groups in total. The number of carbonyl (C=O) groups is 3. The van der Waals surface area contributed by atoms with Gasteiger partial charge in [-0.05, 0) is 51.3 Å². The Hall–Kier alpha value is -4.57. The van der Waals surface area contributed by atoms with E-state index in [1.54, 1.807) is 57.6 Å². The average Bonchev–Trinajstić information content (AvgIpc) is 3.84. The summed E-state index contributed by atoms with van der Waals surface area (Å²) in [5.74, 6) is -7.54. The zero-order valence-corrected chi connectivity index (χ0v) is 28.1. The van der Waals surface area contributed by atoms with Gasteiger partial charge in [-0.3, -0.25) is 29.1 Å². The molecule has 49 heavy (non-hydrogen) atoms. The lowest BCUT2D eigenvalue weighted by molar-refractivity contribution is -0.147. The summed E-state index contributed by atoms with van der Waals surface area (Å²) in [6, 6.07) is 4.05. The molecule has 0 bridgehead atoms. The molecule has 0 radical (unpaired) electrons. The molecule has 0 aliphatic carbocycles. The van der Waals surface area contributed by atoms with Gasteiger partial charge in [0.25, 0.3) is 5.92 Å². The molecular weight excluding hydrogens is 663 g/mol. The number of rotatable bonds is 11. The number of aliphatic imine (C=N–C) groups is 1. The van der Waals surface area contributed by atoms with E-state index in [1.807, 2.05) is 0 Å². The Morgan fingerprint density at radius 2 is 2.02 bits per heavy atom. The van der Waals surface area contributed by atoms with Gasteiger partial charge in [0.15, 0.2) is 16.7 Å². The molecule has 3 aliphatic heterocycles. The second-order valence-electron chi connectivity index (χ2n) is 12.9. The molecule has 2 fully saturated rings. The summed E-state index contributed by atoms with van der Waals surface area (Å²) < 4.78 is 53.2. The Kier molecular flexibility index (Phi) is 9.13. The van der Waals surface area contributed by atoms with E-state index < -0.39 is 59.5 Å². The monoisotopic (exact) mass is 699 g/mol. The van der Waals surface area contributed by atoms with E-state index in [-0.39, 0.29) is 61.1 Å². The molecule has 12 nitrogen and oxygen atoms in total. The van der Waals surface area contributed by atoms with Gasteiger partial charge < -0.3 is 15.2 Å². The number of amidine groups is 1. The van der Waals surface area contributed by atoms with Crippen LogP contribution in [0.3, 0.4) is 0 Å². The molecule has 16 heteroatoms. The number of thiazole rings is 1. The summed E-state index contributed by atoms with van der Waals surface area (Å²) in [5, 5.41) is 19.2. The number of anilines is 1. The molecule has 0 saturated carbocycles. The first-order valence-corrected chi connectivity index (χ1v) is 16.7. The molecule has 6 rings (SSSR count). The van der Waals surface area contributed by atoms with Crippen LogP contribution in [0.25, 0.3) is 0 Å². The zero-order valence-electron chi connectivity index (χ0n) is 27.3. The van der Waals surface area contributed by atoms with E-state index in [1.165, 1.54) is 38.0 Å². The number of amides is 1. The fourth-order valence-electron chi connectivity index (χ4n) is 6.46. The Labute approximate surface area is 284 Å². The van der Waals surface area contributed by atoms with Gasteiger partial charge in [-0.15, -0.1) is 11.3 Å². The Morgan fingerprint density at radius 1 is 1.24 bits per heavy atom. The third kappa shape index (κ3) is 6.46. The number of esters is 1. The number of benzene rings is 1. The van der Waals surface area contributed by atoms with E-state index in [0.29, 0.717) is 10.6 Å². The quantitative estimate of drug-likeness (QED) is 0.282. The lowest BCUT2D eigenvalue weighted by atomic mass is 9.90. The SMILES string of the molecule is CCOC(=O)C1=C(CN2CC(F)(F)C3C(=O)N(c4ccn(CCC(C)(C)C(=O)O)n4)CC32)NC(c2nccs2)=NC1c1cccc(F)c1C. The van der Waals surface area contributed by atoms with E-state index in [9.17, 15) is 23.9 Å². The molecule has 5 heterocycles. The number of nitrogens with zero attached hydrogens (tertiary/aromatic N) is 6. The second kappa shape index (κ2) is 13.0. The van der Waals surface area contributed by atoms with Gasteiger partial charge in [0.2, 0.25) is 5.91 Å². The van der Waals surface area contributed by atoms with Gasteiger partial charge in [-0.2, -0.15) is 5.10 Å². The number of alkyl halides is 2. The van der Waals surface area contributed by atoms with Crippen LogP contribution in [0.5, 0.6) is 0 Å². The van der Waals surface area contributed by atoms with Gasteiger partial charge >= 0.3 is 11.9 Å². The van der Waals surface area contributed by atoms with E-state index >= 15 is 8.78 Å². The summed E-state index contributed by atoms with van der Waals surface area (Å²) >= 11 is 1.28. The molecule has 3 aliphatic rings. The molecule has 2 aromatic heterocycles. The van der Waals surface area contributed by atoms with Crippen molar-refractivity contribution in [1.82, 2.24) is 25.0 Å². The minimum absolute atomic E-state index is 0.0317. The number of aryl methyl sites for hydroxylation is 1. The largest absolute Gasteiger partial charge is 0.481 e. The number of carbonyl (C=O) groups excluding carboxylic acids is 2. The van der Waals surface area contributed by atoms with Crippen molar-refractivity contribution in [3.8, 4) is 0 Å². The van der Waals surface area contributed by atoms with Crippen molar-refractivity contribution in [1.29, 1.82) is 0 Å². The lowest BCUT2D eigenvalue weighted by Gasteiger charge is -2.31. The van der Waals surface area contributed by atoms with Gasteiger partial charge in [-0.25, -0.2) is 22.9 Å². The van der Waals surface area contributed by atoms with Crippen LogP contribution in [0.2, 0.25) is 0 Å². The number of hydrogen-bond acceptors (Lipinski definition) is 10. The second-order valence-corrected chi connectivity index (χ2v) is 13.8. The molecule has 2 saturated heterocycles. The van der Waals surface area contributed by atoms with Gasteiger partial charge in [0, 0.05) is 55.2 Å². The molecular formula is C33H36F3N7O5S. The molecule has 3 atom stereocenters. The van der Waals surface area contributed by atoms with Gasteiger partial charge in [-0.1, -0.05) is 12.1 Å². The zero-order chi connectivity index (χ0) is 35.2. The van der Waals surface area contributed by atoms with E-state index in [2.05, 4.69) is 15.4 Å². The molecule has 3 unspecified atom stereocenters. The number of nitrogens with one attached hydrogen (secondary N) is 1. The summed E-state index contributed by atoms with van der Waals surface area (Å²) in [7, 11) is 0. The maximum atomic E-state index is 15.7. The number of likely N-dealkylation sites (tertiary alicyclic amines) is 1. The van der Waals surface area contributed by atoms with Crippen LogP contribution >= 0.6 is 11.3 Å². The molecule has 3 aromatic rings. The van der Waals surface area contributed by atoms with Crippen LogP contribution in [0.4, 0.5) is 19.0 Å². The summed E-state index contributed by atoms with van der Waals surface area (Å²) in [4.78, 5) is 50.5. The number of aliphatic carboxylic acids is 1. The van der Waals surface area contributed by atoms with Crippen LogP contribution in [-0.2, 0) is 25.7 Å². The maximum Gasteiger partial charge on any atom is 0.338 e. The van der Waals surface area contributed by atoms with E-state index in [4.69, 9.17) is 9.73 Å². The van der Waals surface area contributed by atoms with Crippen molar-refractivity contribution >= 4 is 40.8 Å². The highest BCUT2D eigenvalue weighted by atomic mass is 32.1. The van der Waals surface area contributed by atoms with Crippen molar-refractivity contribution in [2.45, 2.75) is 58.7 Å². The third-order valence-electron chi connectivity index (χ3n) is 9.29. The van der Waals surface area contributed by atoms with Crippen molar-refractivity contribution in [2.24, 2.45) is 16.3 Å². The fraction of sp³-hybridized carbons (Fsp3) is 0.455. The normalized spacial score (nSPS) is 22.3. The van der Waals surface area contributed by atoms with Crippen molar-refractivity contribution in [2.75, 3.05) is 31.1 Å². The minimum atomic E-state index is -3.39. The number of aromatic nitrogens is 3. The highest BCUT2D eigenvalue weighted by molar-refractivity contribution is 7.11. The molecule has 1 amide bonds. The molecule has 1 aromatic carbocycles. The number of halogens is 3. The first-order chi connectivity index (χ1) is 23.2. The van der Waals surface area contributed by atoms with Crippen LogP contribution in [-0.4, -0.2) is 86.7 Å². The Balaban J connectivity index is 1.33. The highest BCUT2D eigenvalue weighted by Crippen LogP contribution is 2.45. The number of hydrogen-bond donors (Lipinski definition) is 2. The average molecular weight is 700 g/mol. The Morgan fingerprint density at radius 3 is 2.71 bits per heavy atom. The van der Waals surface area contributed by atoms with E-state index in [0.717, 1.165) is 0 Å². The van der Waals surface area contributed by atoms with Crippen molar-refractivity contribution in [3.63, 3.8) is 0 Å². The molecule has 260 valence electrons. The van der Waals surface area contributed by atoms with Crippen LogP contribution < -0.4 is 10.2 Å². The first-order valence-electron chi connectivity index (χ1n) is 15.8. The Bertz CT molecular complexity index is 1840. The van der Waals surface area contributed by atoms with Crippen molar-refractivity contribution < 1.29 is 37.4 Å². The lowest BCUT2D eigenvalue weighted by Crippen LogP contribution is -2.43. The van der Waals surface area contributed by atoms with Crippen LogP contribution in [0.15, 0.2) is 58.3 Å². The standard InChI is InChI=1S/C33H36F3N7O5S/c1-5-48-30(45)24-21(38-27(28-37-11-14-49-28)39-26(24)19-7-6-8-20(34)18(19)2)15-41-17-33(35,36)25-22(41)16-43(29(25)44)23-9-12-42(40-23)13-10-32(3,4)31(46)47/h6-9,11-12,14,22,25-26H,5,10,13,15-17H2,1-4H3,(H,38,39)(H,46,47). The number of fused-ring (bicyclic) bond motifs is 1. The maximum absolute atomic E-state index is 15.7. The topological polar surface area (TPSA) is 142 Å². The third-order valence-corrected chi connectivity index (χ3v) is 10.1. The van der Waals surface area contributed by atoms with Gasteiger partial charge in [0.1, 0.15) is 17.8 Å². The van der Waals surface area contributed by atoms with Crippen LogP contribution in [0.1, 0.15) is 49.4 Å². The number of carboxylic acid groups (broad SMARTS) is 1. The summed E-state index contributed by atoms with van der Waals surface area (Å²) in [6.07, 6.45) is 3.43. The predicted molar refractivity (Wildman–Crippen MR) is 174 cm³/mol. The fourth-order valence-corrected chi connectivity index (χ4v) is 7.04. The highest BCUT2D eigenvalue weighted by Gasteiger charge is 2.63. The van der Waals surface area contributed by atoms with Gasteiger partial charge in [0.05, 0.1) is 24.1 Å². The summed E-state index contributed by atoms with van der Waals surface area (Å²) in [5.41, 5.74) is -0.0405. The first kappa shape index (κ1) is 34.3. The number of ether oxygens (including phenoxy) is 1. The van der Waals surface area contributed by atoms with Crippen LogP contribution in [0, 0.1) is 24.1 Å². The minimum Gasteiger partial charge on any atom is -0.481 e. The van der Waals surface area contributed by atoms with Crippen molar-refractivity contribution in [3.05, 3.63) is 75.3 Å².